The minimum absolute atomic E-state index is 0.199. The standard InChI is InChI=1S/C14H14O3/c1-14(2)13(17-14)16-12-8-7-11(15)9-5-3-4-6-10(9)12/h3-8,13,15H,1-2H3. The van der Waals surface area contributed by atoms with Crippen molar-refractivity contribution in [2.75, 3.05) is 0 Å². The molecule has 3 heteroatoms. The third-order valence-electron chi connectivity index (χ3n) is 3.02. The molecule has 88 valence electrons. The van der Waals surface area contributed by atoms with Crippen LogP contribution < -0.4 is 4.74 Å². The number of benzene rings is 2. The monoisotopic (exact) mass is 230 g/mol. The van der Waals surface area contributed by atoms with Crippen LogP contribution >= 0.6 is 0 Å². The van der Waals surface area contributed by atoms with Crippen molar-refractivity contribution < 1.29 is 14.6 Å². The van der Waals surface area contributed by atoms with Crippen molar-refractivity contribution in [2.24, 2.45) is 0 Å². The van der Waals surface area contributed by atoms with Gasteiger partial charge >= 0.3 is 0 Å². The largest absolute Gasteiger partial charge is 0.507 e. The van der Waals surface area contributed by atoms with Gasteiger partial charge in [0.25, 0.3) is 0 Å². The average Bonchev–Trinajstić information content (AvgIpc) is 2.91. The van der Waals surface area contributed by atoms with E-state index in [9.17, 15) is 5.11 Å². The lowest BCUT2D eigenvalue weighted by Gasteiger charge is -2.08. The number of epoxide rings is 1. The smallest absolute Gasteiger partial charge is 0.229 e. The molecule has 0 amide bonds. The topological polar surface area (TPSA) is 42.0 Å². The second-order valence-corrected chi connectivity index (χ2v) is 4.80. The summed E-state index contributed by atoms with van der Waals surface area (Å²) in [5.41, 5.74) is -0.209. The molecule has 1 fully saturated rings. The zero-order valence-electron chi connectivity index (χ0n) is 9.81. The van der Waals surface area contributed by atoms with Crippen LogP contribution in [0.15, 0.2) is 36.4 Å². The highest BCUT2D eigenvalue weighted by Gasteiger charge is 2.50. The summed E-state index contributed by atoms with van der Waals surface area (Å²) < 4.78 is 11.2. The summed E-state index contributed by atoms with van der Waals surface area (Å²) in [6, 6.07) is 11.0. The van der Waals surface area contributed by atoms with Crippen LogP contribution in [0, 0.1) is 0 Å². The first-order valence-corrected chi connectivity index (χ1v) is 5.63. The Labute approximate surface area is 99.6 Å². The van der Waals surface area contributed by atoms with Crippen molar-refractivity contribution in [3.05, 3.63) is 36.4 Å². The van der Waals surface area contributed by atoms with E-state index in [1.807, 2.05) is 38.1 Å². The van der Waals surface area contributed by atoms with E-state index in [4.69, 9.17) is 9.47 Å². The van der Waals surface area contributed by atoms with Gasteiger partial charge in [0.05, 0.1) is 0 Å². The predicted octanol–water partition coefficient (Wildman–Crippen LogP) is 3.06. The van der Waals surface area contributed by atoms with Crippen molar-refractivity contribution in [1.82, 2.24) is 0 Å². The van der Waals surface area contributed by atoms with Gasteiger partial charge in [-0.3, -0.25) is 0 Å². The fraction of sp³-hybridized carbons (Fsp3) is 0.286. The molecule has 0 spiro atoms. The SMILES string of the molecule is CC1(C)OC1Oc1ccc(O)c2ccccc12. The number of phenolic OH excluding ortho intramolecular Hbond substituents is 1. The van der Waals surface area contributed by atoms with E-state index in [0.717, 1.165) is 16.5 Å². The first-order chi connectivity index (χ1) is 8.08. The second-order valence-electron chi connectivity index (χ2n) is 4.80. The zero-order chi connectivity index (χ0) is 12.0. The summed E-state index contributed by atoms with van der Waals surface area (Å²) in [7, 11) is 0. The van der Waals surface area contributed by atoms with Gasteiger partial charge in [0, 0.05) is 10.8 Å². The summed E-state index contributed by atoms with van der Waals surface area (Å²) >= 11 is 0. The summed E-state index contributed by atoms with van der Waals surface area (Å²) in [6.45, 7) is 3.97. The Bertz CT molecular complexity index is 575. The molecule has 2 aromatic rings. The van der Waals surface area contributed by atoms with Crippen molar-refractivity contribution in [1.29, 1.82) is 0 Å². The third-order valence-corrected chi connectivity index (χ3v) is 3.02. The Kier molecular flexibility index (Phi) is 2.07. The molecule has 0 radical (unpaired) electrons. The van der Waals surface area contributed by atoms with E-state index >= 15 is 0 Å². The number of rotatable bonds is 2. The number of hydrogen-bond acceptors (Lipinski definition) is 3. The van der Waals surface area contributed by atoms with Gasteiger partial charge in [-0.05, 0) is 26.0 Å². The van der Waals surface area contributed by atoms with Crippen molar-refractivity contribution in [3.63, 3.8) is 0 Å². The molecule has 1 aliphatic heterocycles. The summed E-state index contributed by atoms with van der Waals surface area (Å²) in [5, 5.41) is 11.5. The Morgan fingerprint density at radius 1 is 1.12 bits per heavy atom. The first kappa shape index (κ1) is 10.4. The van der Waals surface area contributed by atoms with Gasteiger partial charge in [0.1, 0.15) is 17.1 Å². The van der Waals surface area contributed by atoms with Crippen LogP contribution in [0.2, 0.25) is 0 Å². The molecule has 0 bridgehead atoms. The molecule has 1 saturated heterocycles. The lowest BCUT2D eigenvalue weighted by Crippen LogP contribution is -2.09. The predicted molar refractivity (Wildman–Crippen MR) is 65.2 cm³/mol. The maximum atomic E-state index is 9.76. The molecule has 17 heavy (non-hydrogen) atoms. The maximum absolute atomic E-state index is 9.76. The maximum Gasteiger partial charge on any atom is 0.229 e. The minimum atomic E-state index is -0.209. The lowest BCUT2D eigenvalue weighted by atomic mass is 10.1. The fourth-order valence-electron chi connectivity index (χ4n) is 1.88. The molecule has 0 aromatic heterocycles. The molecule has 1 heterocycles. The van der Waals surface area contributed by atoms with Crippen LogP contribution in [-0.2, 0) is 4.74 Å². The van der Waals surface area contributed by atoms with Crippen LogP contribution in [0.5, 0.6) is 11.5 Å². The highest BCUT2D eigenvalue weighted by molar-refractivity contribution is 5.92. The van der Waals surface area contributed by atoms with E-state index in [-0.39, 0.29) is 17.6 Å². The molecule has 0 aliphatic carbocycles. The highest BCUT2D eigenvalue weighted by atomic mass is 16.8. The van der Waals surface area contributed by atoms with E-state index in [1.54, 1.807) is 12.1 Å². The molecule has 3 rings (SSSR count). The molecule has 2 aromatic carbocycles. The number of phenols is 1. The Balaban J connectivity index is 2.03. The normalized spacial score (nSPS) is 21.4. The Morgan fingerprint density at radius 2 is 1.76 bits per heavy atom. The van der Waals surface area contributed by atoms with Gasteiger partial charge in [-0.25, -0.2) is 0 Å². The summed E-state index contributed by atoms with van der Waals surface area (Å²) in [4.78, 5) is 0. The fourth-order valence-corrected chi connectivity index (χ4v) is 1.88. The molecule has 3 nitrogen and oxygen atoms in total. The molecule has 1 unspecified atom stereocenters. The molecular formula is C14H14O3. The van der Waals surface area contributed by atoms with E-state index < -0.39 is 0 Å². The van der Waals surface area contributed by atoms with Crippen LogP contribution in [0.25, 0.3) is 10.8 Å². The number of fused-ring (bicyclic) bond motifs is 1. The van der Waals surface area contributed by atoms with E-state index in [2.05, 4.69) is 0 Å². The highest BCUT2D eigenvalue weighted by Crippen LogP contribution is 2.40. The van der Waals surface area contributed by atoms with Gasteiger partial charge in [-0.15, -0.1) is 0 Å². The van der Waals surface area contributed by atoms with Crippen LogP contribution in [-0.4, -0.2) is 17.0 Å². The van der Waals surface area contributed by atoms with Crippen molar-refractivity contribution >= 4 is 10.8 Å². The van der Waals surface area contributed by atoms with E-state index in [0.29, 0.717) is 0 Å². The van der Waals surface area contributed by atoms with Gasteiger partial charge in [0.2, 0.25) is 6.29 Å². The molecule has 1 atom stereocenters. The number of aromatic hydroxyl groups is 1. The van der Waals surface area contributed by atoms with Gasteiger partial charge in [-0.1, -0.05) is 24.3 Å². The zero-order valence-corrected chi connectivity index (χ0v) is 9.81. The molecule has 0 saturated carbocycles. The van der Waals surface area contributed by atoms with Crippen molar-refractivity contribution in [2.45, 2.75) is 25.7 Å². The van der Waals surface area contributed by atoms with E-state index in [1.165, 1.54) is 0 Å². The Morgan fingerprint density at radius 3 is 2.41 bits per heavy atom. The first-order valence-electron chi connectivity index (χ1n) is 5.63. The number of hydrogen-bond donors (Lipinski definition) is 1. The molecule has 1 N–H and O–H groups in total. The van der Waals surface area contributed by atoms with Gasteiger partial charge < -0.3 is 14.6 Å². The third kappa shape index (κ3) is 1.72. The quantitative estimate of drug-likeness (QED) is 0.806. The number of ether oxygens (including phenoxy) is 2. The second kappa shape index (κ2) is 3.37. The van der Waals surface area contributed by atoms with Crippen LogP contribution in [0.1, 0.15) is 13.8 Å². The van der Waals surface area contributed by atoms with Gasteiger partial charge in [-0.2, -0.15) is 0 Å². The summed E-state index contributed by atoms with van der Waals surface area (Å²) in [6.07, 6.45) is -0.199. The minimum Gasteiger partial charge on any atom is -0.507 e. The molecule has 1 aliphatic rings. The van der Waals surface area contributed by atoms with Crippen LogP contribution in [0.4, 0.5) is 0 Å². The van der Waals surface area contributed by atoms with Crippen LogP contribution in [0.3, 0.4) is 0 Å². The summed E-state index contributed by atoms with van der Waals surface area (Å²) in [5.74, 6) is 1.01. The van der Waals surface area contributed by atoms with Crippen molar-refractivity contribution in [3.8, 4) is 11.5 Å². The molecular weight excluding hydrogens is 216 g/mol. The Hall–Kier alpha value is -1.74. The van der Waals surface area contributed by atoms with Gasteiger partial charge in [0.15, 0.2) is 0 Å². The lowest BCUT2D eigenvalue weighted by molar-refractivity contribution is 0.179. The average molecular weight is 230 g/mol.